The smallest absolute Gasteiger partial charge is 0.193 e. The molecule has 0 radical (unpaired) electrons. The fraction of sp³-hybridized carbons (Fsp3) is 0.294. The summed E-state index contributed by atoms with van der Waals surface area (Å²) in [5, 5.41) is 4.16. The van der Waals surface area contributed by atoms with E-state index in [1.807, 2.05) is 24.3 Å². The molecule has 0 aliphatic heterocycles. The van der Waals surface area contributed by atoms with E-state index in [4.69, 9.17) is 12.2 Å². The SMILES string of the molecule is C#Cc1cccc(NC(N)=NCCc2nc(CC)c(C)s2)c1. The van der Waals surface area contributed by atoms with Crippen molar-refractivity contribution >= 4 is 23.0 Å². The summed E-state index contributed by atoms with van der Waals surface area (Å²) in [6.45, 7) is 4.84. The van der Waals surface area contributed by atoms with Crippen LogP contribution in [0.2, 0.25) is 0 Å². The standard InChI is InChI=1S/C17H20N4S/c1-4-13-7-6-8-14(11-13)20-17(18)19-10-9-16-21-15(5-2)12(3)22-16/h1,6-8,11H,5,9-10H2,2-3H3,(H3,18,19,20). The molecule has 0 saturated heterocycles. The Balaban J connectivity index is 1.90. The molecule has 4 nitrogen and oxygen atoms in total. The van der Waals surface area contributed by atoms with Gasteiger partial charge >= 0.3 is 0 Å². The van der Waals surface area contributed by atoms with Gasteiger partial charge in [-0.3, -0.25) is 4.99 Å². The molecule has 0 saturated carbocycles. The highest BCUT2D eigenvalue weighted by molar-refractivity contribution is 7.11. The summed E-state index contributed by atoms with van der Waals surface area (Å²) in [7, 11) is 0. The molecule has 0 aliphatic carbocycles. The van der Waals surface area contributed by atoms with Gasteiger partial charge < -0.3 is 11.1 Å². The Hall–Kier alpha value is -2.32. The summed E-state index contributed by atoms with van der Waals surface area (Å²) in [6, 6.07) is 7.52. The van der Waals surface area contributed by atoms with Crippen LogP contribution in [-0.2, 0) is 12.8 Å². The highest BCUT2D eigenvalue weighted by Gasteiger charge is 2.05. The largest absolute Gasteiger partial charge is 0.370 e. The first-order chi connectivity index (χ1) is 10.6. The zero-order chi connectivity index (χ0) is 15.9. The maximum absolute atomic E-state index is 5.89. The first kappa shape index (κ1) is 16.1. The number of hydrogen-bond acceptors (Lipinski definition) is 3. The molecule has 1 heterocycles. The predicted octanol–water partition coefficient (Wildman–Crippen LogP) is 2.96. The normalized spacial score (nSPS) is 11.2. The first-order valence-electron chi connectivity index (χ1n) is 7.21. The van der Waals surface area contributed by atoms with E-state index in [0.717, 1.165) is 29.1 Å². The van der Waals surface area contributed by atoms with Crippen LogP contribution in [-0.4, -0.2) is 17.5 Å². The van der Waals surface area contributed by atoms with Gasteiger partial charge in [0.05, 0.1) is 10.7 Å². The Kier molecular flexibility index (Phi) is 5.56. The molecule has 0 unspecified atom stereocenters. The summed E-state index contributed by atoms with van der Waals surface area (Å²) in [6.07, 6.45) is 7.15. The number of hydrogen-bond donors (Lipinski definition) is 2. The van der Waals surface area contributed by atoms with E-state index in [1.165, 1.54) is 10.6 Å². The number of nitrogens with zero attached hydrogens (tertiary/aromatic N) is 2. The minimum atomic E-state index is 0.387. The van der Waals surface area contributed by atoms with Crippen LogP contribution >= 0.6 is 11.3 Å². The Morgan fingerprint density at radius 1 is 1.50 bits per heavy atom. The molecule has 0 atom stereocenters. The molecular weight excluding hydrogens is 292 g/mol. The minimum absolute atomic E-state index is 0.387. The predicted molar refractivity (Wildman–Crippen MR) is 94.4 cm³/mol. The van der Waals surface area contributed by atoms with E-state index >= 15 is 0 Å². The van der Waals surface area contributed by atoms with E-state index in [9.17, 15) is 0 Å². The summed E-state index contributed by atoms with van der Waals surface area (Å²) < 4.78 is 0. The maximum Gasteiger partial charge on any atom is 0.193 e. The number of benzene rings is 1. The minimum Gasteiger partial charge on any atom is -0.370 e. The van der Waals surface area contributed by atoms with E-state index in [0.29, 0.717) is 12.5 Å². The second-order valence-electron chi connectivity index (χ2n) is 4.83. The van der Waals surface area contributed by atoms with Crippen molar-refractivity contribution in [2.45, 2.75) is 26.7 Å². The highest BCUT2D eigenvalue weighted by Crippen LogP contribution is 2.18. The summed E-state index contributed by atoms with van der Waals surface area (Å²) >= 11 is 1.74. The zero-order valence-corrected chi connectivity index (χ0v) is 13.7. The fourth-order valence-corrected chi connectivity index (χ4v) is 3.08. The fourth-order valence-electron chi connectivity index (χ4n) is 2.07. The number of anilines is 1. The second kappa shape index (κ2) is 7.62. The van der Waals surface area contributed by atoms with Crippen molar-refractivity contribution in [1.29, 1.82) is 0 Å². The van der Waals surface area contributed by atoms with Crippen LogP contribution in [0.5, 0.6) is 0 Å². The second-order valence-corrected chi connectivity index (χ2v) is 6.12. The van der Waals surface area contributed by atoms with Gasteiger partial charge in [-0.05, 0) is 31.5 Å². The third-order valence-electron chi connectivity index (χ3n) is 3.18. The lowest BCUT2D eigenvalue weighted by Crippen LogP contribution is -2.23. The third kappa shape index (κ3) is 4.34. The molecule has 3 N–H and O–H groups in total. The van der Waals surface area contributed by atoms with Gasteiger partial charge in [-0.15, -0.1) is 17.8 Å². The molecule has 0 spiro atoms. The zero-order valence-electron chi connectivity index (χ0n) is 12.9. The number of rotatable bonds is 5. The van der Waals surface area contributed by atoms with Crippen LogP contribution in [0.15, 0.2) is 29.3 Å². The topological polar surface area (TPSA) is 63.3 Å². The van der Waals surface area contributed by atoms with E-state index < -0.39 is 0 Å². The summed E-state index contributed by atoms with van der Waals surface area (Å²) in [5.41, 5.74) is 8.73. The van der Waals surface area contributed by atoms with Gasteiger partial charge in [0.25, 0.3) is 0 Å². The van der Waals surface area contributed by atoms with E-state index in [2.05, 4.69) is 35.1 Å². The molecule has 114 valence electrons. The van der Waals surface area contributed by atoms with Gasteiger partial charge in [0.15, 0.2) is 5.96 Å². The van der Waals surface area contributed by atoms with Crippen molar-refractivity contribution < 1.29 is 0 Å². The average molecular weight is 312 g/mol. The van der Waals surface area contributed by atoms with Crippen LogP contribution in [0.4, 0.5) is 5.69 Å². The molecule has 0 amide bonds. The van der Waals surface area contributed by atoms with Crippen molar-refractivity contribution in [3.8, 4) is 12.3 Å². The molecule has 0 fully saturated rings. The van der Waals surface area contributed by atoms with E-state index in [-0.39, 0.29) is 0 Å². The van der Waals surface area contributed by atoms with Crippen LogP contribution in [0.25, 0.3) is 0 Å². The number of terminal acetylenes is 1. The summed E-state index contributed by atoms with van der Waals surface area (Å²) in [5.74, 6) is 2.98. The van der Waals surface area contributed by atoms with Crippen molar-refractivity contribution in [1.82, 2.24) is 4.98 Å². The molecule has 22 heavy (non-hydrogen) atoms. The van der Waals surface area contributed by atoms with Gasteiger partial charge in [-0.1, -0.05) is 18.9 Å². The number of thiazole rings is 1. The van der Waals surface area contributed by atoms with Gasteiger partial charge in [0.2, 0.25) is 0 Å². The Bertz CT molecular complexity index is 710. The molecule has 5 heteroatoms. The monoisotopic (exact) mass is 312 g/mol. The first-order valence-corrected chi connectivity index (χ1v) is 8.02. The van der Waals surface area contributed by atoms with Crippen molar-refractivity contribution in [3.63, 3.8) is 0 Å². The molecule has 2 rings (SSSR count). The molecule has 0 aliphatic rings. The lowest BCUT2D eigenvalue weighted by atomic mass is 10.2. The van der Waals surface area contributed by atoms with Crippen molar-refractivity contribution in [3.05, 3.63) is 45.4 Å². The van der Waals surface area contributed by atoms with Crippen molar-refractivity contribution in [2.24, 2.45) is 10.7 Å². The Morgan fingerprint density at radius 2 is 2.32 bits per heavy atom. The van der Waals surface area contributed by atoms with Crippen LogP contribution in [0.1, 0.15) is 28.1 Å². The maximum atomic E-state index is 5.89. The average Bonchev–Trinajstić information content (AvgIpc) is 2.87. The number of nitrogens with one attached hydrogen (secondary N) is 1. The van der Waals surface area contributed by atoms with Crippen LogP contribution < -0.4 is 11.1 Å². The number of aliphatic imine (C=N–C) groups is 1. The molecule has 2 aromatic rings. The van der Waals surface area contributed by atoms with Gasteiger partial charge in [-0.25, -0.2) is 4.98 Å². The molecular formula is C17H20N4S. The third-order valence-corrected chi connectivity index (χ3v) is 4.25. The van der Waals surface area contributed by atoms with Crippen LogP contribution in [0.3, 0.4) is 0 Å². The number of guanidine groups is 1. The Labute approximate surface area is 135 Å². The van der Waals surface area contributed by atoms with Gasteiger partial charge in [-0.2, -0.15) is 0 Å². The van der Waals surface area contributed by atoms with E-state index in [1.54, 1.807) is 11.3 Å². The number of nitrogens with two attached hydrogens (primary N) is 1. The number of aromatic nitrogens is 1. The van der Waals surface area contributed by atoms with Crippen molar-refractivity contribution in [2.75, 3.05) is 11.9 Å². The molecule has 1 aromatic heterocycles. The lowest BCUT2D eigenvalue weighted by molar-refractivity contribution is 0.925. The lowest BCUT2D eigenvalue weighted by Gasteiger charge is -2.05. The molecule has 1 aromatic carbocycles. The van der Waals surface area contributed by atoms with Gasteiger partial charge in [0.1, 0.15) is 0 Å². The van der Waals surface area contributed by atoms with Crippen LogP contribution in [0, 0.1) is 19.3 Å². The molecule has 0 bridgehead atoms. The quantitative estimate of drug-likeness (QED) is 0.507. The highest BCUT2D eigenvalue weighted by atomic mass is 32.1. The van der Waals surface area contributed by atoms with Gasteiger partial charge in [0, 0.05) is 29.1 Å². The number of aryl methyl sites for hydroxylation is 2. The Morgan fingerprint density at radius 3 is 3.00 bits per heavy atom. The summed E-state index contributed by atoms with van der Waals surface area (Å²) in [4.78, 5) is 10.2.